The van der Waals surface area contributed by atoms with Crippen LogP contribution in [-0.4, -0.2) is 33.0 Å². The number of carboxylic acid groups (broad SMARTS) is 1. The van der Waals surface area contributed by atoms with Gasteiger partial charge in [0.05, 0.1) is 11.9 Å². The largest absolute Gasteiger partial charge is 0.480 e. The number of aliphatic carboxylic acids is 1. The van der Waals surface area contributed by atoms with Crippen molar-refractivity contribution in [2.45, 2.75) is 12.5 Å². The number of halogens is 1. The van der Waals surface area contributed by atoms with Crippen LogP contribution < -0.4 is 11.1 Å². The van der Waals surface area contributed by atoms with E-state index in [0.717, 1.165) is 6.07 Å². The maximum Gasteiger partial charge on any atom is 0.326 e. The number of nitrogen functional groups attached to an aromatic ring is 1. The highest BCUT2D eigenvalue weighted by molar-refractivity contribution is 5.97. The van der Waals surface area contributed by atoms with E-state index in [4.69, 9.17) is 10.8 Å². The molecule has 0 spiro atoms. The zero-order chi connectivity index (χ0) is 15.4. The Kier molecular flexibility index (Phi) is 4.17. The lowest BCUT2D eigenvalue weighted by Gasteiger charge is -2.14. The van der Waals surface area contributed by atoms with Crippen molar-refractivity contribution in [1.82, 2.24) is 15.3 Å². The van der Waals surface area contributed by atoms with E-state index in [2.05, 4.69) is 15.3 Å². The number of amides is 1. The van der Waals surface area contributed by atoms with Gasteiger partial charge in [0.15, 0.2) is 0 Å². The number of carbonyl (C=O) groups is 2. The van der Waals surface area contributed by atoms with Crippen molar-refractivity contribution in [2.75, 3.05) is 5.73 Å². The molecule has 0 bridgehead atoms. The van der Waals surface area contributed by atoms with Gasteiger partial charge in [0.2, 0.25) is 0 Å². The third-order valence-electron chi connectivity index (χ3n) is 2.82. The molecule has 7 nitrogen and oxygen atoms in total. The highest BCUT2D eigenvalue weighted by atomic mass is 19.1. The summed E-state index contributed by atoms with van der Waals surface area (Å²) in [5.41, 5.74) is 5.85. The van der Waals surface area contributed by atoms with Gasteiger partial charge in [0.1, 0.15) is 11.9 Å². The van der Waals surface area contributed by atoms with Gasteiger partial charge in [0, 0.05) is 24.0 Å². The van der Waals surface area contributed by atoms with E-state index in [1.54, 1.807) is 0 Å². The van der Waals surface area contributed by atoms with Crippen LogP contribution >= 0.6 is 0 Å². The number of nitrogens with zero attached hydrogens (tertiary/aromatic N) is 1. The number of aromatic amines is 1. The average molecular weight is 292 g/mol. The van der Waals surface area contributed by atoms with Crippen molar-refractivity contribution in [2.24, 2.45) is 0 Å². The lowest BCUT2D eigenvalue weighted by molar-refractivity contribution is -0.139. The Morgan fingerprint density at radius 1 is 1.48 bits per heavy atom. The number of hydrogen-bond acceptors (Lipinski definition) is 4. The van der Waals surface area contributed by atoms with Gasteiger partial charge in [-0.3, -0.25) is 4.79 Å². The highest BCUT2D eigenvalue weighted by Crippen LogP contribution is 2.12. The molecule has 0 saturated heterocycles. The van der Waals surface area contributed by atoms with E-state index >= 15 is 0 Å². The van der Waals surface area contributed by atoms with Crippen LogP contribution in [0, 0.1) is 5.82 Å². The van der Waals surface area contributed by atoms with Crippen molar-refractivity contribution >= 4 is 17.6 Å². The van der Waals surface area contributed by atoms with E-state index in [1.165, 1.54) is 24.7 Å². The molecule has 0 fully saturated rings. The van der Waals surface area contributed by atoms with Gasteiger partial charge in [0.25, 0.3) is 5.91 Å². The Labute approximate surface area is 119 Å². The maximum atomic E-state index is 13.6. The predicted molar refractivity (Wildman–Crippen MR) is 72.0 cm³/mol. The topological polar surface area (TPSA) is 121 Å². The van der Waals surface area contributed by atoms with Crippen molar-refractivity contribution < 1.29 is 19.1 Å². The molecule has 0 aliphatic rings. The van der Waals surface area contributed by atoms with Crippen molar-refractivity contribution in [3.8, 4) is 0 Å². The van der Waals surface area contributed by atoms with Crippen molar-refractivity contribution in [3.05, 3.63) is 47.8 Å². The molecule has 0 unspecified atom stereocenters. The normalized spacial score (nSPS) is 11.9. The van der Waals surface area contributed by atoms with Crippen LogP contribution in [0.3, 0.4) is 0 Å². The summed E-state index contributed by atoms with van der Waals surface area (Å²) in [6.07, 6.45) is 2.86. The van der Waals surface area contributed by atoms with Crippen LogP contribution in [0.1, 0.15) is 16.1 Å². The third-order valence-corrected chi connectivity index (χ3v) is 2.82. The number of hydrogen-bond donors (Lipinski definition) is 4. The molecule has 1 atom stereocenters. The Hall–Kier alpha value is -2.90. The van der Waals surface area contributed by atoms with Crippen LogP contribution in [0.25, 0.3) is 0 Å². The van der Waals surface area contributed by atoms with Gasteiger partial charge in [-0.05, 0) is 18.2 Å². The molecule has 1 aromatic carbocycles. The van der Waals surface area contributed by atoms with E-state index in [0.29, 0.717) is 5.69 Å². The molecule has 1 heterocycles. The first kappa shape index (κ1) is 14.5. The zero-order valence-corrected chi connectivity index (χ0v) is 10.8. The number of H-pyrrole nitrogens is 1. The fourth-order valence-corrected chi connectivity index (χ4v) is 1.77. The standard InChI is InChI=1S/C13H13FN4O3/c14-10-3-7(15)1-2-9(10)12(19)18-11(13(20)21)4-8-5-16-6-17-8/h1-3,5-6,11H,4,15H2,(H,16,17)(H,18,19)(H,20,21)/t11-/m0/s1. The lowest BCUT2D eigenvalue weighted by atomic mass is 10.1. The van der Waals surface area contributed by atoms with Crippen LogP contribution in [0.4, 0.5) is 10.1 Å². The minimum Gasteiger partial charge on any atom is -0.480 e. The number of nitrogens with two attached hydrogens (primary N) is 1. The summed E-state index contributed by atoms with van der Waals surface area (Å²) in [5.74, 6) is -2.86. The second-order valence-electron chi connectivity index (χ2n) is 4.38. The summed E-state index contributed by atoms with van der Waals surface area (Å²) >= 11 is 0. The van der Waals surface area contributed by atoms with E-state index in [1.807, 2.05) is 0 Å². The van der Waals surface area contributed by atoms with Gasteiger partial charge in [-0.15, -0.1) is 0 Å². The first-order valence-corrected chi connectivity index (χ1v) is 6.03. The molecular weight excluding hydrogens is 279 g/mol. The molecule has 2 aromatic rings. The molecule has 1 amide bonds. The number of rotatable bonds is 5. The molecule has 0 saturated carbocycles. The second-order valence-corrected chi connectivity index (χ2v) is 4.38. The summed E-state index contributed by atoms with van der Waals surface area (Å²) < 4.78 is 13.6. The van der Waals surface area contributed by atoms with Crippen LogP contribution in [-0.2, 0) is 11.2 Å². The smallest absolute Gasteiger partial charge is 0.326 e. The SMILES string of the molecule is Nc1ccc(C(=O)N[C@@H](Cc2cnc[nH]2)C(=O)O)c(F)c1. The van der Waals surface area contributed by atoms with Gasteiger partial charge in [-0.2, -0.15) is 0 Å². The first-order valence-electron chi connectivity index (χ1n) is 6.03. The third kappa shape index (κ3) is 3.56. The van der Waals surface area contributed by atoms with E-state index in [-0.39, 0.29) is 17.7 Å². The Balaban J connectivity index is 2.12. The molecule has 0 aliphatic heterocycles. The minimum absolute atomic E-state index is 0.0116. The summed E-state index contributed by atoms with van der Waals surface area (Å²) in [6.45, 7) is 0. The zero-order valence-electron chi connectivity index (χ0n) is 10.8. The lowest BCUT2D eigenvalue weighted by Crippen LogP contribution is -2.42. The van der Waals surface area contributed by atoms with Gasteiger partial charge < -0.3 is 21.1 Å². The molecule has 2 rings (SSSR count). The number of carbonyl (C=O) groups excluding carboxylic acids is 1. The second kappa shape index (κ2) is 6.04. The first-order chi connectivity index (χ1) is 9.97. The molecular formula is C13H13FN4O3. The fourth-order valence-electron chi connectivity index (χ4n) is 1.77. The van der Waals surface area contributed by atoms with Gasteiger partial charge in [-0.1, -0.05) is 0 Å². The Bertz CT molecular complexity index is 657. The number of anilines is 1. The van der Waals surface area contributed by atoms with Gasteiger partial charge >= 0.3 is 5.97 Å². The van der Waals surface area contributed by atoms with Crippen LogP contribution in [0.5, 0.6) is 0 Å². The summed E-state index contributed by atoms with van der Waals surface area (Å²) in [4.78, 5) is 29.6. The molecule has 1 aromatic heterocycles. The molecule has 110 valence electrons. The summed E-state index contributed by atoms with van der Waals surface area (Å²) in [5, 5.41) is 11.4. The van der Waals surface area contributed by atoms with Crippen LogP contribution in [0.2, 0.25) is 0 Å². The number of aromatic nitrogens is 2. The summed E-state index contributed by atoms with van der Waals surface area (Å²) in [6, 6.07) is 2.37. The van der Waals surface area contributed by atoms with Gasteiger partial charge in [-0.25, -0.2) is 14.2 Å². The van der Waals surface area contributed by atoms with Crippen molar-refractivity contribution in [3.63, 3.8) is 0 Å². The van der Waals surface area contributed by atoms with E-state index < -0.39 is 23.7 Å². The molecule has 0 aliphatic carbocycles. The molecule has 21 heavy (non-hydrogen) atoms. The molecule has 0 radical (unpaired) electrons. The maximum absolute atomic E-state index is 13.6. The van der Waals surface area contributed by atoms with Crippen molar-refractivity contribution in [1.29, 1.82) is 0 Å². The number of benzene rings is 1. The Morgan fingerprint density at radius 3 is 2.81 bits per heavy atom. The molecule has 5 N–H and O–H groups in total. The average Bonchev–Trinajstić information content (AvgIpc) is 2.90. The highest BCUT2D eigenvalue weighted by Gasteiger charge is 2.23. The number of imidazole rings is 1. The number of carboxylic acids is 1. The fraction of sp³-hybridized carbons (Fsp3) is 0.154. The summed E-state index contributed by atoms with van der Waals surface area (Å²) in [7, 11) is 0. The number of nitrogens with one attached hydrogen (secondary N) is 2. The predicted octanol–water partition coefficient (Wildman–Crippen LogP) is 0.557. The monoisotopic (exact) mass is 292 g/mol. The van der Waals surface area contributed by atoms with Crippen LogP contribution in [0.15, 0.2) is 30.7 Å². The van der Waals surface area contributed by atoms with E-state index in [9.17, 15) is 14.0 Å². The Morgan fingerprint density at radius 2 is 2.24 bits per heavy atom. The minimum atomic E-state index is -1.23. The molecule has 8 heteroatoms. The quantitative estimate of drug-likeness (QED) is 0.600.